The van der Waals surface area contributed by atoms with Gasteiger partial charge in [0.1, 0.15) is 12.1 Å². The number of hydrogen-bond acceptors (Lipinski definition) is 4. The van der Waals surface area contributed by atoms with Crippen molar-refractivity contribution < 1.29 is 29.0 Å². The Bertz CT molecular complexity index is 548. The van der Waals surface area contributed by atoms with Gasteiger partial charge in [0.15, 0.2) is 0 Å². The number of hydrogen-bond donors (Lipinski definition) is 2. The highest BCUT2D eigenvalue weighted by atomic mass is 16.5. The molecule has 2 rings (SSSR count). The smallest absolute Gasteiger partial charge is 0.326 e. The summed E-state index contributed by atoms with van der Waals surface area (Å²) in [4.78, 5) is 37.8. The van der Waals surface area contributed by atoms with Crippen molar-refractivity contribution in [1.82, 2.24) is 5.32 Å². The maximum atomic E-state index is 12.5. The van der Waals surface area contributed by atoms with E-state index in [4.69, 9.17) is 10.3 Å². The number of amides is 1. The van der Waals surface area contributed by atoms with Crippen LogP contribution < -0.4 is 5.32 Å². The van der Waals surface area contributed by atoms with Crippen LogP contribution in [0.5, 0.6) is 0 Å². The summed E-state index contributed by atoms with van der Waals surface area (Å²) in [5, 5.41) is 11.8. The molecule has 0 spiro atoms. The third-order valence-electron chi connectivity index (χ3n) is 4.69. The van der Waals surface area contributed by atoms with Crippen LogP contribution in [0, 0.1) is 5.92 Å². The standard InChI is InChI=1S/C17H25N3O5/c18-19-10-12(21)5-8-14(17(23)24)20-16(22)15(25-13-6-7-13)9-11-3-1-2-4-11/h10-11,13-15H,1-9H2,(H,20,22)(H,23,24)/t14-,15-/m0/s1. The fourth-order valence-corrected chi connectivity index (χ4v) is 3.15. The number of Topliss-reactive ketones (excluding diaryl/α,β-unsaturated/α-hetero) is 1. The summed E-state index contributed by atoms with van der Waals surface area (Å²) in [5.41, 5.74) is 8.30. The molecule has 2 fully saturated rings. The van der Waals surface area contributed by atoms with E-state index in [-0.39, 0.29) is 18.9 Å². The van der Waals surface area contributed by atoms with E-state index in [1.807, 2.05) is 0 Å². The first kappa shape index (κ1) is 19.3. The molecule has 0 aromatic rings. The van der Waals surface area contributed by atoms with Crippen molar-refractivity contribution in [2.75, 3.05) is 0 Å². The van der Waals surface area contributed by atoms with Crippen LogP contribution in [0.1, 0.15) is 57.8 Å². The van der Waals surface area contributed by atoms with Crippen molar-refractivity contribution in [2.24, 2.45) is 5.92 Å². The van der Waals surface area contributed by atoms with E-state index in [0.29, 0.717) is 12.3 Å². The second-order valence-electron chi connectivity index (χ2n) is 6.86. The van der Waals surface area contributed by atoms with E-state index >= 15 is 0 Å². The molecular weight excluding hydrogens is 326 g/mol. The van der Waals surface area contributed by atoms with Gasteiger partial charge < -0.3 is 20.7 Å². The predicted molar refractivity (Wildman–Crippen MR) is 88.0 cm³/mol. The van der Waals surface area contributed by atoms with Gasteiger partial charge in [-0.25, -0.2) is 4.79 Å². The van der Waals surface area contributed by atoms with Gasteiger partial charge in [0.25, 0.3) is 0 Å². The van der Waals surface area contributed by atoms with Crippen LogP contribution in [-0.2, 0) is 19.1 Å². The Morgan fingerprint density at radius 3 is 2.48 bits per heavy atom. The number of rotatable bonds is 11. The topological polar surface area (TPSA) is 129 Å². The molecule has 0 aliphatic heterocycles. The number of nitrogens with one attached hydrogen (secondary N) is 1. The summed E-state index contributed by atoms with van der Waals surface area (Å²) in [6.07, 6.45) is 6.97. The van der Waals surface area contributed by atoms with Gasteiger partial charge in [-0.1, -0.05) is 25.7 Å². The van der Waals surface area contributed by atoms with Crippen molar-refractivity contribution in [3.05, 3.63) is 5.53 Å². The highest BCUT2D eigenvalue weighted by Gasteiger charge is 2.34. The first-order valence-corrected chi connectivity index (χ1v) is 8.88. The third-order valence-corrected chi connectivity index (χ3v) is 4.69. The first-order chi connectivity index (χ1) is 12.0. The molecule has 8 nitrogen and oxygen atoms in total. The predicted octanol–water partition coefficient (Wildman–Crippen LogP) is 1.33. The van der Waals surface area contributed by atoms with Crippen LogP contribution in [0.4, 0.5) is 0 Å². The average molecular weight is 351 g/mol. The Labute approximate surface area is 146 Å². The highest BCUT2D eigenvalue weighted by molar-refractivity contribution is 6.25. The van der Waals surface area contributed by atoms with Gasteiger partial charge in [0.05, 0.1) is 6.10 Å². The number of carbonyl (C=O) groups excluding carboxylic acids is 2. The Hall–Kier alpha value is -2.05. The van der Waals surface area contributed by atoms with Crippen molar-refractivity contribution in [3.63, 3.8) is 0 Å². The van der Waals surface area contributed by atoms with Gasteiger partial charge in [0.2, 0.25) is 11.7 Å². The molecule has 0 bridgehead atoms. The van der Waals surface area contributed by atoms with Crippen LogP contribution in [0.2, 0.25) is 0 Å². The van der Waals surface area contributed by atoms with Gasteiger partial charge in [-0.15, -0.1) is 0 Å². The second kappa shape index (κ2) is 9.44. The Balaban J connectivity index is 1.90. The summed E-state index contributed by atoms with van der Waals surface area (Å²) < 4.78 is 5.80. The highest BCUT2D eigenvalue weighted by Crippen LogP contribution is 2.32. The molecule has 0 aromatic heterocycles. The number of nitrogens with zero attached hydrogens (tertiary/aromatic N) is 2. The van der Waals surface area contributed by atoms with Crippen LogP contribution in [0.3, 0.4) is 0 Å². The second-order valence-corrected chi connectivity index (χ2v) is 6.86. The number of carboxylic acid groups (broad SMARTS) is 1. The molecule has 2 N–H and O–H groups in total. The normalized spacial score (nSPS) is 19.7. The summed E-state index contributed by atoms with van der Waals surface area (Å²) in [7, 11) is 0. The first-order valence-electron chi connectivity index (χ1n) is 8.88. The van der Waals surface area contributed by atoms with Gasteiger partial charge in [0, 0.05) is 6.42 Å². The maximum absolute atomic E-state index is 12.5. The lowest BCUT2D eigenvalue weighted by Gasteiger charge is -2.22. The monoisotopic (exact) mass is 351 g/mol. The van der Waals surface area contributed by atoms with E-state index in [1.54, 1.807) is 0 Å². The fourth-order valence-electron chi connectivity index (χ4n) is 3.15. The Morgan fingerprint density at radius 2 is 1.92 bits per heavy atom. The SMILES string of the molecule is [N-]=[N+]=CC(=O)CC[C@H](NC(=O)[C@H](CC1CCCC1)OC1CC1)C(=O)O. The summed E-state index contributed by atoms with van der Waals surface area (Å²) in [6.45, 7) is 0. The van der Waals surface area contributed by atoms with Gasteiger partial charge in [-0.05, 0) is 31.6 Å². The van der Waals surface area contributed by atoms with Crippen LogP contribution >= 0.6 is 0 Å². The molecule has 0 unspecified atom stereocenters. The molecule has 2 aliphatic carbocycles. The minimum Gasteiger partial charge on any atom is -0.480 e. The number of carboxylic acids is 1. The van der Waals surface area contributed by atoms with Gasteiger partial charge in [-0.2, -0.15) is 4.79 Å². The zero-order valence-corrected chi connectivity index (χ0v) is 14.2. The summed E-state index contributed by atoms with van der Waals surface area (Å²) in [6, 6.07) is -1.17. The van der Waals surface area contributed by atoms with Crippen molar-refractivity contribution >= 4 is 23.9 Å². The lowest BCUT2D eigenvalue weighted by atomic mass is 9.99. The summed E-state index contributed by atoms with van der Waals surface area (Å²) >= 11 is 0. The fraction of sp³-hybridized carbons (Fsp3) is 0.765. The number of ether oxygens (including phenoxy) is 1. The van der Waals surface area contributed by atoms with E-state index < -0.39 is 29.8 Å². The molecule has 0 radical (unpaired) electrons. The molecule has 2 saturated carbocycles. The maximum Gasteiger partial charge on any atom is 0.326 e. The zero-order valence-electron chi connectivity index (χ0n) is 14.2. The number of aliphatic carboxylic acids is 1. The van der Waals surface area contributed by atoms with Crippen molar-refractivity contribution in [3.8, 4) is 0 Å². The van der Waals surface area contributed by atoms with Gasteiger partial charge in [-0.3, -0.25) is 9.59 Å². The molecule has 2 aliphatic rings. The van der Waals surface area contributed by atoms with E-state index in [9.17, 15) is 19.5 Å². The Morgan fingerprint density at radius 1 is 1.24 bits per heavy atom. The van der Waals surface area contributed by atoms with Crippen LogP contribution in [-0.4, -0.2) is 52.0 Å². The van der Waals surface area contributed by atoms with E-state index in [2.05, 4.69) is 10.1 Å². The molecule has 138 valence electrons. The molecule has 0 saturated heterocycles. The lowest BCUT2D eigenvalue weighted by Crippen LogP contribution is -2.47. The zero-order chi connectivity index (χ0) is 18.2. The number of carbonyl (C=O) groups is 3. The Kier molecular flexibility index (Phi) is 7.28. The third kappa shape index (κ3) is 6.76. The van der Waals surface area contributed by atoms with Crippen LogP contribution in [0.15, 0.2) is 0 Å². The van der Waals surface area contributed by atoms with Crippen LogP contribution in [0.25, 0.3) is 5.53 Å². The minimum absolute atomic E-state index is 0.0640. The number of ketones is 1. The molecule has 0 aromatic carbocycles. The molecule has 0 heterocycles. The molecule has 2 atom stereocenters. The van der Waals surface area contributed by atoms with E-state index in [0.717, 1.165) is 44.7 Å². The van der Waals surface area contributed by atoms with E-state index in [1.165, 1.54) is 0 Å². The molecule has 8 heteroatoms. The molecular formula is C17H25N3O5. The lowest BCUT2D eigenvalue weighted by molar-refractivity contribution is -0.145. The largest absolute Gasteiger partial charge is 0.480 e. The minimum atomic E-state index is -1.20. The van der Waals surface area contributed by atoms with Crippen molar-refractivity contribution in [2.45, 2.75) is 76.0 Å². The molecule has 1 amide bonds. The quantitative estimate of drug-likeness (QED) is 0.329. The van der Waals surface area contributed by atoms with Crippen molar-refractivity contribution in [1.29, 1.82) is 0 Å². The van der Waals surface area contributed by atoms with Gasteiger partial charge >= 0.3 is 12.2 Å². The summed E-state index contributed by atoms with van der Waals surface area (Å²) in [5.74, 6) is -1.68. The molecule has 25 heavy (non-hydrogen) atoms. The average Bonchev–Trinajstić information content (AvgIpc) is 3.23.